The number of rotatable bonds is 8. The average Bonchev–Trinajstić information content (AvgIpc) is 2.84. The first-order chi connectivity index (χ1) is 17.4. The fourth-order valence-electron chi connectivity index (χ4n) is 4.76. The molecule has 37 heavy (non-hydrogen) atoms. The Hall–Kier alpha value is -3.12. The number of aromatic nitrogens is 1. The van der Waals surface area contributed by atoms with E-state index in [0.29, 0.717) is 25.7 Å². The monoisotopic (exact) mass is 545 g/mol. The third-order valence-corrected chi connectivity index (χ3v) is 7.04. The zero-order valence-electron chi connectivity index (χ0n) is 19.4. The molecule has 0 saturated heterocycles. The summed E-state index contributed by atoms with van der Waals surface area (Å²) in [7, 11) is 0. The molecule has 3 aliphatic rings. The highest BCUT2D eigenvalue weighted by Gasteiger charge is 2.55. The maximum Gasteiger partial charge on any atom is 0.422 e. The Morgan fingerprint density at radius 1 is 1.11 bits per heavy atom. The highest BCUT2D eigenvalue weighted by molar-refractivity contribution is 6.30. The van der Waals surface area contributed by atoms with E-state index in [1.54, 1.807) is 0 Å². The van der Waals surface area contributed by atoms with E-state index < -0.39 is 47.6 Å². The number of aliphatic hydroxyl groups excluding tert-OH is 1. The van der Waals surface area contributed by atoms with Crippen LogP contribution in [0, 0.1) is 5.82 Å². The molecule has 3 N–H and O–H groups in total. The molecule has 0 aliphatic heterocycles. The van der Waals surface area contributed by atoms with Gasteiger partial charge in [-0.05, 0) is 50.3 Å². The van der Waals surface area contributed by atoms with Crippen LogP contribution in [0.3, 0.4) is 0 Å². The van der Waals surface area contributed by atoms with Crippen LogP contribution in [0.15, 0.2) is 36.5 Å². The first-order valence-electron chi connectivity index (χ1n) is 11.4. The summed E-state index contributed by atoms with van der Waals surface area (Å²) in [5.41, 5.74) is -1.45. The number of halogens is 5. The zero-order valence-corrected chi connectivity index (χ0v) is 20.2. The number of aliphatic hydroxyl groups is 1. The molecular formula is C24H24ClF4N3O5. The van der Waals surface area contributed by atoms with Crippen LogP contribution in [0.5, 0.6) is 11.6 Å². The lowest BCUT2D eigenvalue weighted by Crippen LogP contribution is -2.70. The van der Waals surface area contributed by atoms with Crippen LogP contribution in [0.1, 0.15) is 42.5 Å². The number of pyridine rings is 1. The molecule has 1 unspecified atom stereocenters. The van der Waals surface area contributed by atoms with Gasteiger partial charge >= 0.3 is 6.18 Å². The van der Waals surface area contributed by atoms with E-state index in [1.807, 2.05) is 0 Å². The molecule has 0 radical (unpaired) electrons. The van der Waals surface area contributed by atoms with E-state index >= 15 is 0 Å². The fraction of sp³-hybridized carbons (Fsp3) is 0.458. The second-order valence-electron chi connectivity index (χ2n) is 9.31. The van der Waals surface area contributed by atoms with Crippen LogP contribution in [0.25, 0.3) is 0 Å². The Morgan fingerprint density at radius 2 is 1.84 bits per heavy atom. The molecule has 2 amide bonds. The summed E-state index contributed by atoms with van der Waals surface area (Å²) in [6.45, 7) is -1.87. The van der Waals surface area contributed by atoms with Crippen LogP contribution in [0.4, 0.5) is 17.6 Å². The molecule has 2 bridgehead atoms. The minimum atomic E-state index is -4.50. The molecule has 3 aliphatic carbocycles. The lowest BCUT2D eigenvalue weighted by atomic mass is 9.60. The number of hydrogen-bond acceptors (Lipinski definition) is 6. The summed E-state index contributed by atoms with van der Waals surface area (Å²) in [5.74, 6) is -1.76. The first-order valence-corrected chi connectivity index (χ1v) is 11.8. The number of benzene rings is 1. The molecule has 3 saturated carbocycles. The molecule has 0 spiro atoms. The summed E-state index contributed by atoms with van der Waals surface area (Å²) in [4.78, 5) is 29.0. The van der Waals surface area contributed by atoms with Crippen molar-refractivity contribution in [1.29, 1.82) is 0 Å². The Labute approximate surface area is 214 Å². The van der Waals surface area contributed by atoms with Gasteiger partial charge in [0.1, 0.15) is 11.6 Å². The zero-order chi connectivity index (χ0) is 26.8. The van der Waals surface area contributed by atoms with Gasteiger partial charge in [0.05, 0.1) is 22.2 Å². The van der Waals surface area contributed by atoms with Crippen LogP contribution in [-0.4, -0.2) is 58.5 Å². The van der Waals surface area contributed by atoms with Gasteiger partial charge in [0, 0.05) is 23.9 Å². The molecule has 200 valence electrons. The van der Waals surface area contributed by atoms with Crippen molar-refractivity contribution in [3.8, 4) is 11.6 Å². The first kappa shape index (κ1) is 26.9. The predicted molar refractivity (Wildman–Crippen MR) is 123 cm³/mol. The normalized spacial score (nSPS) is 24.9. The quantitative estimate of drug-likeness (QED) is 0.438. The van der Waals surface area contributed by atoms with Crippen molar-refractivity contribution in [2.24, 2.45) is 0 Å². The standard InChI is InChI=1S/C24H24ClF4N3O5/c25-16-3-2-15(9-17(16)26)36-12-19(34)31-23-7-5-22(6-8-23,10-18(23)33)32-21(35)14-1-4-20(30-11-14)37-13-24(27,28)29/h1-4,9,11,18,33H,5-8,10,12-13H2,(H,31,34)(H,32,35). The van der Waals surface area contributed by atoms with Crippen LogP contribution >= 0.6 is 11.6 Å². The maximum atomic E-state index is 13.5. The topological polar surface area (TPSA) is 110 Å². The van der Waals surface area contributed by atoms with E-state index in [2.05, 4.69) is 20.4 Å². The molecule has 2 aromatic rings. The maximum absolute atomic E-state index is 13.5. The Balaban J connectivity index is 1.30. The van der Waals surface area contributed by atoms with Crippen LogP contribution in [-0.2, 0) is 4.79 Å². The van der Waals surface area contributed by atoms with E-state index in [4.69, 9.17) is 16.3 Å². The molecular weight excluding hydrogens is 522 g/mol. The van der Waals surface area contributed by atoms with Gasteiger partial charge < -0.3 is 25.2 Å². The van der Waals surface area contributed by atoms with Gasteiger partial charge in [-0.2, -0.15) is 13.2 Å². The molecule has 1 aromatic carbocycles. The van der Waals surface area contributed by atoms with Crippen molar-refractivity contribution in [3.63, 3.8) is 0 Å². The number of fused-ring (bicyclic) bond motifs is 3. The molecule has 1 atom stereocenters. The molecule has 13 heteroatoms. The van der Waals surface area contributed by atoms with E-state index in [-0.39, 0.29) is 35.2 Å². The van der Waals surface area contributed by atoms with Crippen molar-refractivity contribution in [2.75, 3.05) is 13.2 Å². The summed E-state index contributed by atoms with van der Waals surface area (Å²) in [6, 6.07) is 6.30. The van der Waals surface area contributed by atoms with Gasteiger partial charge in [0.25, 0.3) is 11.8 Å². The molecule has 5 rings (SSSR count). The summed E-state index contributed by atoms with van der Waals surface area (Å²) in [6.07, 6.45) is -2.35. The largest absolute Gasteiger partial charge is 0.484 e. The van der Waals surface area contributed by atoms with Crippen LogP contribution < -0.4 is 20.1 Å². The Morgan fingerprint density at radius 3 is 2.43 bits per heavy atom. The summed E-state index contributed by atoms with van der Waals surface area (Å²) in [5, 5.41) is 16.6. The number of nitrogens with one attached hydrogen (secondary N) is 2. The number of alkyl halides is 3. The van der Waals surface area contributed by atoms with E-state index in [9.17, 15) is 32.3 Å². The predicted octanol–water partition coefficient (Wildman–Crippen LogP) is 3.56. The minimum absolute atomic E-state index is 0.0676. The number of nitrogens with zero attached hydrogens (tertiary/aromatic N) is 1. The Kier molecular flexibility index (Phi) is 7.52. The van der Waals surface area contributed by atoms with Gasteiger partial charge in [-0.3, -0.25) is 9.59 Å². The average molecular weight is 546 g/mol. The Bertz CT molecular complexity index is 1150. The van der Waals surface area contributed by atoms with Gasteiger partial charge in [-0.1, -0.05) is 11.6 Å². The van der Waals surface area contributed by atoms with Gasteiger partial charge in [-0.15, -0.1) is 0 Å². The van der Waals surface area contributed by atoms with Crippen molar-refractivity contribution in [3.05, 3.63) is 52.9 Å². The fourth-order valence-corrected chi connectivity index (χ4v) is 4.88. The summed E-state index contributed by atoms with van der Waals surface area (Å²) < 4.78 is 60.2. The highest BCUT2D eigenvalue weighted by atomic mass is 35.5. The molecule has 1 heterocycles. The van der Waals surface area contributed by atoms with Gasteiger partial charge in [0.2, 0.25) is 5.88 Å². The second-order valence-corrected chi connectivity index (χ2v) is 9.72. The number of amides is 2. The second kappa shape index (κ2) is 10.3. The lowest BCUT2D eigenvalue weighted by molar-refractivity contribution is -0.154. The van der Waals surface area contributed by atoms with Gasteiger partial charge in [0.15, 0.2) is 13.2 Å². The number of hydrogen-bond donors (Lipinski definition) is 3. The van der Waals surface area contributed by atoms with Crippen LogP contribution in [0.2, 0.25) is 5.02 Å². The van der Waals surface area contributed by atoms with Crippen molar-refractivity contribution < 1.29 is 41.7 Å². The lowest BCUT2D eigenvalue weighted by Gasteiger charge is -2.56. The van der Waals surface area contributed by atoms with Crippen molar-refractivity contribution >= 4 is 23.4 Å². The van der Waals surface area contributed by atoms with E-state index in [0.717, 1.165) is 12.3 Å². The number of carbonyl (C=O) groups is 2. The third-order valence-electron chi connectivity index (χ3n) is 6.73. The molecule has 3 fully saturated rings. The third kappa shape index (κ3) is 6.42. The summed E-state index contributed by atoms with van der Waals surface area (Å²) >= 11 is 5.63. The highest BCUT2D eigenvalue weighted by Crippen LogP contribution is 2.47. The number of ether oxygens (including phenoxy) is 2. The van der Waals surface area contributed by atoms with Crippen molar-refractivity contribution in [1.82, 2.24) is 15.6 Å². The number of carbonyl (C=O) groups excluding carboxylic acids is 2. The van der Waals surface area contributed by atoms with Gasteiger partial charge in [-0.25, -0.2) is 9.37 Å². The van der Waals surface area contributed by atoms with Crippen molar-refractivity contribution in [2.45, 2.75) is 55.5 Å². The smallest absolute Gasteiger partial charge is 0.422 e. The minimum Gasteiger partial charge on any atom is -0.484 e. The molecule has 1 aromatic heterocycles. The SMILES string of the molecule is O=C(COc1ccc(Cl)c(F)c1)NC12CCC(NC(=O)c3ccc(OCC(F)(F)F)nc3)(CC1)CC2O. The van der Waals surface area contributed by atoms with E-state index in [1.165, 1.54) is 24.3 Å². The molecule has 8 nitrogen and oxygen atoms in total.